The molecular weight excluding hydrogens is 308 g/mol. The number of ether oxygens (including phenoxy) is 1. The molecular formula is C18H26N2O4. The summed E-state index contributed by atoms with van der Waals surface area (Å²) >= 11 is 0. The number of hydrogen-bond acceptors (Lipinski definition) is 4. The van der Waals surface area contributed by atoms with Crippen LogP contribution in [0.15, 0.2) is 12.3 Å². The minimum absolute atomic E-state index is 0.123. The normalized spacial score (nSPS) is 21.8. The molecule has 1 aromatic heterocycles. The molecule has 1 fully saturated rings. The Morgan fingerprint density at radius 1 is 1.29 bits per heavy atom. The van der Waals surface area contributed by atoms with Crippen molar-refractivity contribution in [3.8, 4) is 0 Å². The Kier molecular flexibility index (Phi) is 5.80. The molecule has 6 nitrogen and oxygen atoms in total. The Bertz CT molecular complexity index is 635. The van der Waals surface area contributed by atoms with E-state index in [-0.39, 0.29) is 23.4 Å². The number of carbonyl (C=O) groups excluding carboxylic acids is 3. The predicted octanol–water partition coefficient (Wildman–Crippen LogP) is 2.47. The van der Waals surface area contributed by atoms with E-state index < -0.39 is 12.1 Å². The Balaban J connectivity index is 1.95. The smallest absolute Gasteiger partial charge is 0.355 e. The van der Waals surface area contributed by atoms with Crippen LogP contribution < -0.4 is 5.32 Å². The number of Topliss-reactive ketones (excluding diaryl/α,β-unsaturated/α-hetero) is 1. The molecule has 0 unspecified atom stereocenters. The van der Waals surface area contributed by atoms with E-state index in [1.54, 1.807) is 20.2 Å². The monoisotopic (exact) mass is 334 g/mol. The van der Waals surface area contributed by atoms with Crippen molar-refractivity contribution in [3.05, 3.63) is 23.5 Å². The van der Waals surface area contributed by atoms with E-state index in [2.05, 4.69) is 12.2 Å². The zero-order chi connectivity index (χ0) is 17.9. The van der Waals surface area contributed by atoms with E-state index in [1.807, 2.05) is 0 Å². The van der Waals surface area contributed by atoms with Gasteiger partial charge >= 0.3 is 5.97 Å². The number of hydrogen-bond donors (Lipinski definition) is 1. The molecule has 0 radical (unpaired) electrons. The molecule has 1 aliphatic carbocycles. The van der Waals surface area contributed by atoms with Crippen LogP contribution in [-0.4, -0.2) is 34.4 Å². The highest BCUT2D eigenvalue weighted by molar-refractivity contribution is 5.98. The number of carbonyl (C=O) groups is 3. The molecule has 1 amide bonds. The minimum Gasteiger partial charge on any atom is -0.448 e. The molecule has 0 spiro atoms. The number of nitrogens with one attached hydrogen (secondary N) is 1. The van der Waals surface area contributed by atoms with Gasteiger partial charge in [-0.3, -0.25) is 9.59 Å². The average molecular weight is 334 g/mol. The summed E-state index contributed by atoms with van der Waals surface area (Å²) in [5, 5.41) is 2.99. The second-order valence-electron chi connectivity index (χ2n) is 6.71. The van der Waals surface area contributed by atoms with Crippen LogP contribution in [0.1, 0.15) is 67.3 Å². The molecule has 0 aliphatic heterocycles. The van der Waals surface area contributed by atoms with Crippen molar-refractivity contribution in [2.45, 2.75) is 58.6 Å². The number of aromatic nitrogens is 1. The number of amides is 1. The molecule has 6 heteroatoms. The zero-order valence-corrected chi connectivity index (χ0v) is 14.8. The summed E-state index contributed by atoms with van der Waals surface area (Å²) in [7, 11) is 1.66. The summed E-state index contributed by atoms with van der Waals surface area (Å²) in [6.45, 7) is 5.13. The van der Waals surface area contributed by atoms with Crippen molar-refractivity contribution in [1.29, 1.82) is 0 Å². The van der Waals surface area contributed by atoms with E-state index in [1.165, 1.54) is 24.0 Å². The predicted molar refractivity (Wildman–Crippen MR) is 89.9 cm³/mol. The van der Waals surface area contributed by atoms with Crippen LogP contribution in [0.25, 0.3) is 0 Å². The standard InChI is InChI=1S/C18H26N2O4/c1-11-7-5-6-8-15(11)19-17(22)13(3)24-18(23)16-9-14(12(2)21)10-20(16)4/h9-11,13,15H,5-8H2,1-4H3,(H,19,22)/t11-,13+,15+/m0/s1. The van der Waals surface area contributed by atoms with Gasteiger partial charge in [-0.05, 0) is 38.7 Å². The maximum atomic E-state index is 12.3. The lowest BCUT2D eigenvalue weighted by atomic mass is 9.86. The lowest BCUT2D eigenvalue weighted by Crippen LogP contribution is -2.46. The van der Waals surface area contributed by atoms with Crippen LogP contribution in [0.3, 0.4) is 0 Å². The van der Waals surface area contributed by atoms with Crippen molar-refractivity contribution >= 4 is 17.7 Å². The van der Waals surface area contributed by atoms with Gasteiger partial charge < -0.3 is 14.6 Å². The lowest BCUT2D eigenvalue weighted by Gasteiger charge is -2.30. The van der Waals surface area contributed by atoms with Gasteiger partial charge in [-0.25, -0.2) is 4.79 Å². The van der Waals surface area contributed by atoms with E-state index in [0.717, 1.165) is 19.3 Å². The van der Waals surface area contributed by atoms with Crippen molar-refractivity contribution in [1.82, 2.24) is 9.88 Å². The highest BCUT2D eigenvalue weighted by Crippen LogP contribution is 2.23. The van der Waals surface area contributed by atoms with Gasteiger partial charge in [0.15, 0.2) is 11.9 Å². The van der Waals surface area contributed by atoms with Gasteiger partial charge in [-0.2, -0.15) is 0 Å². The molecule has 0 bridgehead atoms. The minimum atomic E-state index is -0.873. The quantitative estimate of drug-likeness (QED) is 0.663. The number of ketones is 1. The van der Waals surface area contributed by atoms with Gasteiger partial charge in [0.2, 0.25) is 0 Å². The molecule has 0 saturated heterocycles. The summed E-state index contributed by atoms with van der Waals surface area (Å²) in [5.74, 6) is -0.564. The Labute approximate surface area is 142 Å². The van der Waals surface area contributed by atoms with Crippen LogP contribution in [0.5, 0.6) is 0 Å². The first-order chi connectivity index (χ1) is 11.3. The van der Waals surface area contributed by atoms with E-state index in [9.17, 15) is 14.4 Å². The van der Waals surface area contributed by atoms with Crippen molar-refractivity contribution in [2.75, 3.05) is 0 Å². The van der Waals surface area contributed by atoms with Crippen molar-refractivity contribution in [3.63, 3.8) is 0 Å². The summed E-state index contributed by atoms with van der Waals surface area (Å²) in [6, 6.07) is 1.63. The summed E-state index contributed by atoms with van der Waals surface area (Å²) in [6.07, 6.45) is 5.09. The highest BCUT2D eigenvalue weighted by atomic mass is 16.5. The lowest BCUT2D eigenvalue weighted by molar-refractivity contribution is -0.130. The number of nitrogens with zero attached hydrogens (tertiary/aromatic N) is 1. The van der Waals surface area contributed by atoms with Crippen LogP contribution in [0, 0.1) is 5.92 Å². The molecule has 3 atom stereocenters. The second kappa shape index (κ2) is 7.64. The molecule has 1 aliphatic rings. The molecule has 1 heterocycles. The van der Waals surface area contributed by atoms with E-state index in [0.29, 0.717) is 11.5 Å². The van der Waals surface area contributed by atoms with Crippen molar-refractivity contribution < 1.29 is 19.1 Å². The number of esters is 1. The van der Waals surface area contributed by atoms with Crippen LogP contribution in [-0.2, 0) is 16.6 Å². The molecule has 132 valence electrons. The molecule has 1 aromatic rings. The molecule has 24 heavy (non-hydrogen) atoms. The number of aryl methyl sites for hydroxylation is 1. The van der Waals surface area contributed by atoms with Gasteiger partial charge in [0, 0.05) is 24.8 Å². The fourth-order valence-corrected chi connectivity index (χ4v) is 3.07. The third-order valence-corrected chi connectivity index (χ3v) is 4.71. The Morgan fingerprint density at radius 3 is 2.54 bits per heavy atom. The SMILES string of the molecule is CC(=O)c1cc(C(=O)O[C@H](C)C(=O)N[C@@H]2CCCC[C@@H]2C)n(C)c1. The fourth-order valence-electron chi connectivity index (χ4n) is 3.07. The van der Waals surface area contributed by atoms with E-state index >= 15 is 0 Å². The van der Waals surface area contributed by atoms with Gasteiger partial charge in [-0.15, -0.1) is 0 Å². The third-order valence-electron chi connectivity index (χ3n) is 4.71. The Morgan fingerprint density at radius 2 is 1.96 bits per heavy atom. The molecule has 0 aromatic carbocycles. The highest BCUT2D eigenvalue weighted by Gasteiger charge is 2.27. The summed E-state index contributed by atoms with van der Waals surface area (Å²) < 4.78 is 6.80. The van der Waals surface area contributed by atoms with Crippen LogP contribution in [0.2, 0.25) is 0 Å². The summed E-state index contributed by atoms with van der Waals surface area (Å²) in [5.41, 5.74) is 0.698. The third kappa shape index (κ3) is 4.24. The van der Waals surface area contributed by atoms with Gasteiger partial charge in [-0.1, -0.05) is 19.8 Å². The number of rotatable bonds is 5. The first-order valence-corrected chi connectivity index (χ1v) is 8.48. The summed E-state index contributed by atoms with van der Waals surface area (Å²) in [4.78, 5) is 35.9. The van der Waals surface area contributed by atoms with Crippen molar-refractivity contribution in [2.24, 2.45) is 13.0 Å². The van der Waals surface area contributed by atoms with Crippen LogP contribution in [0.4, 0.5) is 0 Å². The van der Waals surface area contributed by atoms with Crippen LogP contribution >= 0.6 is 0 Å². The Hall–Kier alpha value is -2.11. The average Bonchev–Trinajstić information content (AvgIpc) is 2.91. The van der Waals surface area contributed by atoms with E-state index in [4.69, 9.17) is 4.74 Å². The first-order valence-electron chi connectivity index (χ1n) is 8.48. The maximum Gasteiger partial charge on any atom is 0.355 e. The first kappa shape index (κ1) is 18.2. The topological polar surface area (TPSA) is 77.4 Å². The van der Waals surface area contributed by atoms with Gasteiger partial charge in [0.1, 0.15) is 5.69 Å². The van der Waals surface area contributed by atoms with Gasteiger partial charge in [0.05, 0.1) is 0 Å². The zero-order valence-electron chi connectivity index (χ0n) is 14.8. The second-order valence-corrected chi connectivity index (χ2v) is 6.71. The fraction of sp³-hybridized carbons (Fsp3) is 0.611. The molecule has 1 saturated carbocycles. The van der Waals surface area contributed by atoms with Gasteiger partial charge in [0.25, 0.3) is 5.91 Å². The maximum absolute atomic E-state index is 12.3. The largest absolute Gasteiger partial charge is 0.448 e. The molecule has 1 N–H and O–H groups in total. The molecule has 2 rings (SSSR count).